The molecule has 0 bridgehead atoms. The molecule has 0 N–H and O–H groups in total. The third-order valence-corrected chi connectivity index (χ3v) is 1.92. The number of carbonyl (C=O) groups is 1. The monoisotopic (exact) mass is 168 g/mol. The predicted octanol–water partition coefficient (Wildman–Crippen LogP) is 1.67. The number of hydrogen-bond donors (Lipinski definition) is 0. The maximum absolute atomic E-state index is 11.6. The molecule has 0 aromatic rings. The summed E-state index contributed by atoms with van der Waals surface area (Å²) in [5.74, 6) is 0. The molecule has 3 nitrogen and oxygen atoms in total. The fourth-order valence-electron chi connectivity index (χ4n) is 1.48. The van der Waals surface area contributed by atoms with E-state index in [2.05, 4.69) is 6.58 Å². The summed E-state index contributed by atoms with van der Waals surface area (Å²) in [5.41, 5.74) is 0.730. The molecule has 0 spiro atoms. The van der Waals surface area contributed by atoms with Gasteiger partial charge in [0.05, 0.1) is 6.54 Å². The van der Waals surface area contributed by atoms with E-state index in [-0.39, 0.29) is 11.6 Å². The normalized spacial score (nSPS) is 19.3. The van der Waals surface area contributed by atoms with Gasteiger partial charge in [-0.25, -0.2) is 4.79 Å². The van der Waals surface area contributed by atoms with E-state index in [1.807, 2.05) is 20.8 Å². The Morgan fingerprint density at radius 3 is 2.08 bits per heavy atom. The number of hydrogen-bond acceptors (Lipinski definition) is 1. The highest BCUT2D eigenvalue weighted by Gasteiger charge is 2.36. The van der Waals surface area contributed by atoms with Gasteiger partial charge in [0, 0.05) is 18.3 Å². The maximum Gasteiger partial charge on any atom is 0.324 e. The Kier molecular flexibility index (Phi) is 1.90. The number of amides is 2. The summed E-state index contributed by atoms with van der Waals surface area (Å²) in [7, 11) is 1.79. The summed E-state index contributed by atoms with van der Waals surface area (Å²) in [4.78, 5) is 15.0. The molecular weight excluding hydrogens is 152 g/mol. The zero-order valence-corrected chi connectivity index (χ0v) is 8.22. The molecule has 1 aliphatic rings. The molecule has 1 saturated heterocycles. The van der Waals surface area contributed by atoms with Crippen molar-refractivity contribution < 1.29 is 4.79 Å². The van der Waals surface area contributed by atoms with Gasteiger partial charge in [-0.3, -0.25) is 4.90 Å². The summed E-state index contributed by atoms with van der Waals surface area (Å²) in [6.45, 7) is 10.5. The van der Waals surface area contributed by atoms with Gasteiger partial charge < -0.3 is 4.90 Å². The minimum atomic E-state index is -0.154. The molecule has 0 aromatic heterocycles. The topological polar surface area (TPSA) is 23.6 Å². The third kappa shape index (κ3) is 1.31. The molecule has 0 aromatic carbocycles. The fourth-order valence-corrected chi connectivity index (χ4v) is 1.48. The summed E-state index contributed by atoms with van der Waals surface area (Å²) in [6, 6.07) is 0.0486. The van der Waals surface area contributed by atoms with Gasteiger partial charge >= 0.3 is 6.03 Å². The lowest BCUT2D eigenvalue weighted by atomic mass is 10.1. The summed E-state index contributed by atoms with van der Waals surface area (Å²) < 4.78 is 0. The Morgan fingerprint density at radius 1 is 1.42 bits per heavy atom. The first-order chi connectivity index (χ1) is 5.34. The van der Waals surface area contributed by atoms with E-state index in [1.165, 1.54) is 0 Å². The van der Waals surface area contributed by atoms with Crippen molar-refractivity contribution in [1.29, 1.82) is 0 Å². The molecule has 3 heteroatoms. The van der Waals surface area contributed by atoms with Crippen LogP contribution in [0.3, 0.4) is 0 Å². The minimum Gasteiger partial charge on any atom is -0.322 e. The number of urea groups is 1. The summed E-state index contributed by atoms with van der Waals surface area (Å²) in [6.07, 6.45) is 0. The number of rotatable bonds is 0. The van der Waals surface area contributed by atoms with Crippen LogP contribution in [0.25, 0.3) is 0 Å². The molecule has 0 unspecified atom stereocenters. The van der Waals surface area contributed by atoms with Crippen LogP contribution < -0.4 is 0 Å². The summed E-state index contributed by atoms with van der Waals surface area (Å²) in [5, 5.41) is 0. The van der Waals surface area contributed by atoms with E-state index in [9.17, 15) is 4.79 Å². The quantitative estimate of drug-likeness (QED) is 0.539. The highest BCUT2D eigenvalue weighted by atomic mass is 16.2. The largest absolute Gasteiger partial charge is 0.324 e. The molecule has 12 heavy (non-hydrogen) atoms. The first-order valence-corrected chi connectivity index (χ1v) is 4.07. The lowest BCUT2D eigenvalue weighted by Crippen LogP contribution is -2.42. The van der Waals surface area contributed by atoms with Crippen molar-refractivity contribution in [2.45, 2.75) is 26.3 Å². The first-order valence-electron chi connectivity index (χ1n) is 4.07. The lowest BCUT2D eigenvalue weighted by Gasteiger charge is -2.31. The fraction of sp³-hybridized carbons (Fsp3) is 0.667. The molecular formula is C9H16N2O. The second-order valence-corrected chi connectivity index (χ2v) is 4.21. The Bertz CT molecular complexity index is 227. The summed E-state index contributed by atoms with van der Waals surface area (Å²) >= 11 is 0. The van der Waals surface area contributed by atoms with Crippen molar-refractivity contribution in [3.8, 4) is 0 Å². The van der Waals surface area contributed by atoms with Crippen molar-refractivity contribution in [3.63, 3.8) is 0 Å². The van der Waals surface area contributed by atoms with Crippen LogP contribution in [0.5, 0.6) is 0 Å². The predicted molar refractivity (Wildman–Crippen MR) is 48.8 cm³/mol. The van der Waals surface area contributed by atoms with Crippen molar-refractivity contribution in [2.24, 2.45) is 0 Å². The van der Waals surface area contributed by atoms with Gasteiger partial charge in [-0.2, -0.15) is 0 Å². The van der Waals surface area contributed by atoms with Gasteiger partial charge in [0.25, 0.3) is 0 Å². The van der Waals surface area contributed by atoms with Crippen molar-refractivity contribution >= 4 is 6.03 Å². The lowest BCUT2D eigenvalue weighted by molar-refractivity contribution is 0.170. The molecule has 0 aliphatic carbocycles. The van der Waals surface area contributed by atoms with Gasteiger partial charge in [-0.1, -0.05) is 6.58 Å². The zero-order chi connectivity index (χ0) is 9.52. The van der Waals surface area contributed by atoms with Crippen LogP contribution in [0, 0.1) is 0 Å². The maximum atomic E-state index is 11.6. The second-order valence-electron chi connectivity index (χ2n) is 4.21. The van der Waals surface area contributed by atoms with Crippen molar-refractivity contribution in [2.75, 3.05) is 13.6 Å². The average Bonchev–Trinajstić information content (AvgIpc) is 2.05. The third-order valence-electron chi connectivity index (χ3n) is 1.92. The van der Waals surface area contributed by atoms with Crippen LogP contribution in [0.4, 0.5) is 4.79 Å². The van der Waals surface area contributed by atoms with Crippen LogP contribution in [0.2, 0.25) is 0 Å². The number of nitrogens with zero attached hydrogens (tertiary/aromatic N) is 2. The molecule has 68 valence electrons. The smallest absolute Gasteiger partial charge is 0.322 e. The Hall–Kier alpha value is -0.990. The van der Waals surface area contributed by atoms with Gasteiger partial charge in [0.1, 0.15) is 0 Å². The SMILES string of the molecule is C=C1CN(C)C(=O)N1C(C)(C)C. The van der Waals surface area contributed by atoms with Crippen LogP contribution in [0.15, 0.2) is 12.3 Å². The molecule has 1 aliphatic heterocycles. The van der Waals surface area contributed by atoms with E-state index in [1.54, 1.807) is 16.8 Å². The molecule has 0 atom stereocenters. The Labute approximate surface area is 73.6 Å². The van der Waals surface area contributed by atoms with E-state index in [0.29, 0.717) is 6.54 Å². The van der Waals surface area contributed by atoms with E-state index in [0.717, 1.165) is 5.70 Å². The van der Waals surface area contributed by atoms with Crippen molar-refractivity contribution in [3.05, 3.63) is 12.3 Å². The van der Waals surface area contributed by atoms with Crippen LogP contribution in [-0.2, 0) is 0 Å². The Morgan fingerprint density at radius 2 is 1.92 bits per heavy atom. The van der Waals surface area contributed by atoms with Crippen molar-refractivity contribution in [1.82, 2.24) is 9.80 Å². The number of carbonyl (C=O) groups excluding carboxylic acids is 1. The molecule has 1 rings (SSSR count). The van der Waals surface area contributed by atoms with E-state index >= 15 is 0 Å². The standard InChI is InChI=1S/C9H16N2O/c1-7-6-10(5)8(12)11(7)9(2,3)4/h1,6H2,2-5H3. The Balaban J connectivity index is 2.92. The van der Waals surface area contributed by atoms with E-state index in [4.69, 9.17) is 0 Å². The average molecular weight is 168 g/mol. The van der Waals surface area contributed by atoms with E-state index < -0.39 is 0 Å². The first kappa shape index (κ1) is 9.10. The van der Waals surface area contributed by atoms with Crippen LogP contribution in [-0.4, -0.2) is 35.0 Å². The van der Waals surface area contributed by atoms with Gasteiger partial charge in [-0.05, 0) is 20.8 Å². The molecule has 2 amide bonds. The second kappa shape index (κ2) is 2.51. The molecule has 0 saturated carbocycles. The highest BCUT2D eigenvalue weighted by molar-refractivity contribution is 5.80. The van der Waals surface area contributed by atoms with Gasteiger partial charge in [0.2, 0.25) is 0 Å². The number of likely N-dealkylation sites (N-methyl/N-ethyl adjacent to an activating group) is 1. The van der Waals surface area contributed by atoms with Gasteiger partial charge in [-0.15, -0.1) is 0 Å². The highest BCUT2D eigenvalue weighted by Crippen LogP contribution is 2.25. The minimum absolute atomic E-state index is 0.0486. The molecule has 1 fully saturated rings. The molecule has 1 heterocycles. The van der Waals surface area contributed by atoms with Crippen LogP contribution >= 0.6 is 0 Å². The molecule has 0 radical (unpaired) electrons. The van der Waals surface area contributed by atoms with Crippen LogP contribution in [0.1, 0.15) is 20.8 Å². The van der Waals surface area contributed by atoms with Gasteiger partial charge in [0.15, 0.2) is 0 Å². The zero-order valence-electron chi connectivity index (χ0n) is 8.22.